The maximum absolute atomic E-state index is 4.40. The van der Waals surface area contributed by atoms with Crippen LogP contribution < -0.4 is 0 Å². The Labute approximate surface area is 89.6 Å². The highest BCUT2D eigenvalue weighted by molar-refractivity contribution is 5.28. The first-order valence-electron chi connectivity index (χ1n) is 5.24. The van der Waals surface area contributed by atoms with Crippen LogP contribution in [0.25, 0.3) is 0 Å². The molecule has 0 amide bonds. The van der Waals surface area contributed by atoms with Crippen LogP contribution in [0.5, 0.6) is 0 Å². The molecular formula is C12H15N3. The fraction of sp³-hybridized carbons (Fsp3) is 0.333. The SMILES string of the molecule is CCc1n[nH]c(Cc2ccccc2C)n1. The molecule has 1 aromatic heterocycles. The summed E-state index contributed by atoms with van der Waals surface area (Å²) >= 11 is 0. The van der Waals surface area contributed by atoms with Crippen molar-refractivity contribution in [3.05, 3.63) is 47.0 Å². The summed E-state index contributed by atoms with van der Waals surface area (Å²) in [5.74, 6) is 1.83. The van der Waals surface area contributed by atoms with Gasteiger partial charge in [0.15, 0.2) is 0 Å². The minimum absolute atomic E-state index is 0.833. The molecule has 0 atom stereocenters. The zero-order valence-electron chi connectivity index (χ0n) is 9.12. The topological polar surface area (TPSA) is 41.6 Å². The summed E-state index contributed by atoms with van der Waals surface area (Å²) in [6.45, 7) is 4.17. The molecule has 1 aromatic carbocycles. The van der Waals surface area contributed by atoms with Crippen molar-refractivity contribution in [1.82, 2.24) is 15.2 Å². The van der Waals surface area contributed by atoms with Crippen LogP contribution in [0.1, 0.15) is 29.7 Å². The van der Waals surface area contributed by atoms with Gasteiger partial charge in [0.25, 0.3) is 0 Å². The van der Waals surface area contributed by atoms with Crippen molar-refractivity contribution in [2.75, 3.05) is 0 Å². The molecule has 0 bridgehead atoms. The van der Waals surface area contributed by atoms with Crippen molar-refractivity contribution < 1.29 is 0 Å². The molecule has 0 saturated heterocycles. The molecule has 0 fully saturated rings. The van der Waals surface area contributed by atoms with E-state index in [1.165, 1.54) is 11.1 Å². The first kappa shape index (κ1) is 9.90. The quantitative estimate of drug-likeness (QED) is 0.827. The number of H-pyrrole nitrogens is 1. The van der Waals surface area contributed by atoms with Gasteiger partial charge in [0.1, 0.15) is 11.6 Å². The van der Waals surface area contributed by atoms with Crippen molar-refractivity contribution >= 4 is 0 Å². The second-order valence-electron chi connectivity index (χ2n) is 3.66. The smallest absolute Gasteiger partial charge is 0.150 e. The molecule has 0 spiro atoms. The van der Waals surface area contributed by atoms with Gasteiger partial charge in [-0.1, -0.05) is 31.2 Å². The highest BCUT2D eigenvalue weighted by atomic mass is 15.2. The highest BCUT2D eigenvalue weighted by Gasteiger charge is 2.03. The average molecular weight is 201 g/mol. The van der Waals surface area contributed by atoms with Crippen molar-refractivity contribution in [3.63, 3.8) is 0 Å². The summed E-state index contributed by atoms with van der Waals surface area (Å²) < 4.78 is 0. The van der Waals surface area contributed by atoms with E-state index in [4.69, 9.17) is 0 Å². The molecule has 3 nitrogen and oxygen atoms in total. The van der Waals surface area contributed by atoms with Gasteiger partial charge in [0.2, 0.25) is 0 Å². The lowest BCUT2D eigenvalue weighted by molar-refractivity contribution is 0.941. The summed E-state index contributed by atoms with van der Waals surface area (Å²) in [7, 11) is 0. The van der Waals surface area contributed by atoms with Crippen LogP contribution in [0.4, 0.5) is 0 Å². The molecule has 3 heteroatoms. The van der Waals surface area contributed by atoms with Gasteiger partial charge in [-0.3, -0.25) is 5.10 Å². The van der Waals surface area contributed by atoms with Gasteiger partial charge < -0.3 is 0 Å². The van der Waals surface area contributed by atoms with Crippen molar-refractivity contribution in [1.29, 1.82) is 0 Å². The van der Waals surface area contributed by atoms with E-state index in [2.05, 4.69) is 53.3 Å². The summed E-state index contributed by atoms with van der Waals surface area (Å²) in [5.41, 5.74) is 2.60. The molecular weight excluding hydrogens is 186 g/mol. The second-order valence-corrected chi connectivity index (χ2v) is 3.66. The number of rotatable bonds is 3. The standard InChI is InChI=1S/C12H15N3/c1-3-11-13-12(15-14-11)8-10-7-5-4-6-9(10)2/h4-7H,3,8H2,1-2H3,(H,13,14,15). The van der Waals surface area contributed by atoms with E-state index >= 15 is 0 Å². The van der Waals surface area contributed by atoms with Gasteiger partial charge in [-0.05, 0) is 18.1 Å². The lowest BCUT2D eigenvalue weighted by atomic mass is 10.1. The molecule has 0 aliphatic rings. The fourth-order valence-electron chi connectivity index (χ4n) is 1.56. The van der Waals surface area contributed by atoms with E-state index in [0.717, 1.165) is 24.5 Å². The van der Waals surface area contributed by atoms with Crippen LogP contribution in [-0.4, -0.2) is 15.2 Å². The number of aromatic nitrogens is 3. The van der Waals surface area contributed by atoms with Gasteiger partial charge in [-0.2, -0.15) is 5.10 Å². The van der Waals surface area contributed by atoms with E-state index in [1.807, 2.05) is 0 Å². The Morgan fingerprint density at radius 2 is 2.07 bits per heavy atom. The summed E-state index contributed by atoms with van der Waals surface area (Å²) in [4.78, 5) is 4.40. The zero-order chi connectivity index (χ0) is 10.7. The maximum atomic E-state index is 4.40. The van der Waals surface area contributed by atoms with Crippen LogP contribution in [0.15, 0.2) is 24.3 Å². The number of hydrogen-bond donors (Lipinski definition) is 1. The van der Waals surface area contributed by atoms with E-state index in [0.29, 0.717) is 0 Å². The van der Waals surface area contributed by atoms with Crippen LogP contribution in [-0.2, 0) is 12.8 Å². The summed E-state index contributed by atoms with van der Waals surface area (Å²) in [5, 5.41) is 7.10. The monoisotopic (exact) mass is 201 g/mol. The highest BCUT2D eigenvalue weighted by Crippen LogP contribution is 2.10. The number of benzene rings is 1. The predicted molar refractivity (Wildman–Crippen MR) is 59.7 cm³/mol. The van der Waals surface area contributed by atoms with Gasteiger partial charge in [-0.25, -0.2) is 4.98 Å². The van der Waals surface area contributed by atoms with E-state index in [-0.39, 0.29) is 0 Å². The molecule has 78 valence electrons. The average Bonchev–Trinajstić information content (AvgIpc) is 2.69. The first-order chi connectivity index (χ1) is 7.29. The second kappa shape index (κ2) is 4.26. The Balaban J connectivity index is 2.18. The number of aromatic amines is 1. The van der Waals surface area contributed by atoms with E-state index in [1.54, 1.807) is 0 Å². The Morgan fingerprint density at radius 1 is 1.27 bits per heavy atom. The van der Waals surface area contributed by atoms with E-state index < -0.39 is 0 Å². The largest absolute Gasteiger partial charge is 0.263 e. The molecule has 0 radical (unpaired) electrons. The minimum atomic E-state index is 0.833. The zero-order valence-corrected chi connectivity index (χ0v) is 9.12. The summed E-state index contributed by atoms with van der Waals surface area (Å²) in [6, 6.07) is 8.35. The number of nitrogens with one attached hydrogen (secondary N) is 1. The van der Waals surface area contributed by atoms with Gasteiger partial charge in [0.05, 0.1) is 0 Å². The molecule has 15 heavy (non-hydrogen) atoms. The van der Waals surface area contributed by atoms with Crippen LogP contribution >= 0.6 is 0 Å². The molecule has 0 aliphatic carbocycles. The predicted octanol–water partition coefficient (Wildman–Crippen LogP) is 2.27. The number of hydrogen-bond acceptors (Lipinski definition) is 2. The third-order valence-electron chi connectivity index (χ3n) is 2.51. The van der Waals surface area contributed by atoms with Gasteiger partial charge in [0, 0.05) is 12.8 Å². The molecule has 2 rings (SSSR count). The van der Waals surface area contributed by atoms with Crippen LogP contribution in [0.2, 0.25) is 0 Å². The Hall–Kier alpha value is -1.64. The number of aryl methyl sites for hydroxylation is 2. The molecule has 0 aliphatic heterocycles. The first-order valence-corrected chi connectivity index (χ1v) is 5.24. The summed E-state index contributed by atoms with van der Waals surface area (Å²) in [6.07, 6.45) is 1.71. The van der Waals surface area contributed by atoms with Crippen LogP contribution in [0.3, 0.4) is 0 Å². The minimum Gasteiger partial charge on any atom is -0.263 e. The van der Waals surface area contributed by atoms with Crippen molar-refractivity contribution in [2.45, 2.75) is 26.7 Å². The maximum Gasteiger partial charge on any atom is 0.150 e. The Morgan fingerprint density at radius 3 is 2.73 bits per heavy atom. The van der Waals surface area contributed by atoms with E-state index in [9.17, 15) is 0 Å². The molecule has 0 saturated carbocycles. The normalized spacial score (nSPS) is 10.5. The third kappa shape index (κ3) is 2.24. The fourth-order valence-corrected chi connectivity index (χ4v) is 1.56. The number of nitrogens with zero attached hydrogens (tertiary/aromatic N) is 2. The molecule has 1 N–H and O–H groups in total. The Kier molecular flexibility index (Phi) is 2.81. The third-order valence-corrected chi connectivity index (χ3v) is 2.51. The Bertz CT molecular complexity index is 446. The van der Waals surface area contributed by atoms with Crippen molar-refractivity contribution in [3.8, 4) is 0 Å². The lowest BCUT2D eigenvalue weighted by Crippen LogP contribution is -1.93. The molecule has 2 aromatic rings. The van der Waals surface area contributed by atoms with Crippen molar-refractivity contribution in [2.24, 2.45) is 0 Å². The van der Waals surface area contributed by atoms with Gasteiger partial charge >= 0.3 is 0 Å². The van der Waals surface area contributed by atoms with Crippen LogP contribution in [0, 0.1) is 6.92 Å². The lowest BCUT2D eigenvalue weighted by Gasteiger charge is -2.01. The van der Waals surface area contributed by atoms with Gasteiger partial charge in [-0.15, -0.1) is 0 Å². The molecule has 0 unspecified atom stereocenters. The molecule has 1 heterocycles.